The predicted molar refractivity (Wildman–Crippen MR) is 220 cm³/mol. The highest BCUT2D eigenvalue weighted by atomic mass is 32.1. The van der Waals surface area contributed by atoms with Crippen LogP contribution in [0, 0.1) is 5.92 Å². The molecule has 250 valence electrons. The molecule has 1 saturated carbocycles. The van der Waals surface area contributed by atoms with E-state index in [0.717, 1.165) is 52.1 Å². The monoisotopic (exact) mass is 688 g/mol. The van der Waals surface area contributed by atoms with E-state index in [2.05, 4.69) is 168 Å². The Labute approximate surface area is 306 Å². The summed E-state index contributed by atoms with van der Waals surface area (Å²) in [5.41, 5.74) is 10.5. The summed E-state index contributed by atoms with van der Waals surface area (Å²) < 4.78 is 8.16. The van der Waals surface area contributed by atoms with Gasteiger partial charge in [0.25, 0.3) is 0 Å². The van der Waals surface area contributed by atoms with E-state index in [1.807, 2.05) is 11.3 Å². The Morgan fingerprint density at radius 2 is 1.50 bits per heavy atom. The molecule has 0 saturated heterocycles. The molecule has 2 heterocycles. The molecule has 3 aliphatic carbocycles. The Bertz CT molecular complexity index is 2770. The average Bonchev–Trinajstić information content (AvgIpc) is 3.76. The molecule has 0 amide bonds. The lowest BCUT2D eigenvalue weighted by atomic mass is 9.91. The second kappa shape index (κ2) is 11.9. The number of rotatable bonds is 7. The number of allylic oxidation sites excluding steroid dienone is 5. The lowest BCUT2D eigenvalue weighted by molar-refractivity contribution is 0.668. The van der Waals surface area contributed by atoms with Gasteiger partial charge in [0.15, 0.2) is 0 Å². The SMILES string of the molecule is C1=CCCC(N(c2ccc3sc4c(c3c2)C2CC2C=C4)c2ccc3oc4cc(C(Nc5ccccc5)c5ccccc5)c5ccccc5c4c3c2)=C1. The number of nitrogens with zero attached hydrogens (tertiary/aromatic N) is 1. The molecule has 11 rings (SSSR count). The Morgan fingerprint density at radius 3 is 2.33 bits per heavy atom. The highest BCUT2D eigenvalue weighted by molar-refractivity contribution is 7.20. The van der Waals surface area contributed by atoms with Crippen molar-refractivity contribution in [3.8, 4) is 0 Å². The molecule has 3 nitrogen and oxygen atoms in total. The molecule has 1 N–H and O–H groups in total. The molecule has 3 aliphatic rings. The second-order valence-corrected chi connectivity index (χ2v) is 15.5. The summed E-state index contributed by atoms with van der Waals surface area (Å²) in [4.78, 5) is 3.93. The molecule has 1 fully saturated rings. The number of fused-ring (bicyclic) bond motifs is 10. The largest absolute Gasteiger partial charge is 0.456 e. The fourth-order valence-electron chi connectivity index (χ4n) is 8.72. The summed E-state index contributed by atoms with van der Waals surface area (Å²) in [5, 5.41) is 10.00. The lowest BCUT2D eigenvalue weighted by Gasteiger charge is -2.29. The van der Waals surface area contributed by atoms with Gasteiger partial charge in [-0.3, -0.25) is 0 Å². The van der Waals surface area contributed by atoms with Crippen molar-refractivity contribution < 1.29 is 4.42 Å². The fourth-order valence-corrected chi connectivity index (χ4v) is 9.89. The summed E-state index contributed by atoms with van der Waals surface area (Å²) >= 11 is 1.94. The van der Waals surface area contributed by atoms with E-state index in [0.29, 0.717) is 5.92 Å². The first-order chi connectivity index (χ1) is 25.8. The van der Waals surface area contributed by atoms with Crippen LogP contribution >= 0.6 is 11.3 Å². The first kappa shape index (κ1) is 29.8. The Balaban J connectivity index is 1.09. The van der Waals surface area contributed by atoms with E-state index in [1.165, 1.54) is 54.7 Å². The van der Waals surface area contributed by atoms with Crippen LogP contribution in [0.4, 0.5) is 17.1 Å². The molecule has 3 unspecified atom stereocenters. The Hall–Kier alpha value is -5.84. The minimum absolute atomic E-state index is 0.0670. The van der Waals surface area contributed by atoms with E-state index < -0.39 is 0 Å². The third-order valence-electron chi connectivity index (χ3n) is 11.3. The van der Waals surface area contributed by atoms with Gasteiger partial charge in [-0.1, -0.05) is 91.0 Å². The summed E-state index contributed by atoms with van der Waals surface area (Å²) in [7, 11) is 0. The average molecular weight is 689 g/mol. The van der Waals surface area contributed by atoms with E-state index in [4.69, 9.17) is 4.42 Å². The fraction of sp³-hybridized carbons (Fsp3) is 0.125. The number of benzene rings is 6. The maximum Gasteiger partial charge on any atom is 0.136 e. The summed E-state index contributed by atoms with van der Waals surface area (Å²) in [6.07, 6.45) is 14.9. The van der Waals surface area contributed by atoms with Crippen molar-refractivity contribution in [3.63, 3.8) is 0 Å². The van der Waals surface area contributed by atoms with Gasteiger partial charge in [-0.15, -0.1) is 11.3 Å². The molecule has 0 spiro atoms. The van der Waals surface area contributed by atoms with Crippen LogP contribution in [-0.2, 0) is 0 Å². The van der Waals surface area contributed by atoms with Crippen LogP contribution < -0.4 is 10.2 Å². The normalized spacial score (nSPS) is 18.0. The van der Waals surface area contributed by atoms with Crippen molar-refractivity contribution in [1.82, 2.24) is 0 Å². The minimum atomic E-state index is -0.0670. The van der Waals surface area contributed by atoms with Crippen molar-refractivity contribution in [2.24, 2.45) is 5.92 Å². The molecule has 3 atom stereocenters. The summed E-state index contributed by atoms with van der Waals surface area (Å²) in [6, 6.07) is 46.1. The van der Waals surface area contributed by atoms with Gasteiger partial charge >= 0.3 is 0 Å². The molecule has 8 aromatic rings. The van der Waals surface area contributed by atoms with Gasteiger partial charge in [0.05, 0.1) is 6.04 Å². The topological polar surface area (TPSA) is 28.4 Å². The van der Waals surface area contributed by atoms with E-state index in [1.54, 1.807) is 5.56 Å². The summed E-state index contributed by atoms with van der Waals surface area (Å²) in [5.74, 6) is 1.41. The Kier molecular flexibility index (Phi) is 6.81. The third-order valence-corrected chi connectivity index (χ3v) is 12.4. The van der Waals surface area contributed by atoms with Crippen molar-refractivity contribution >= 4 is 77.3 Å². The number of nitrogens with one attached hydrogen (secondary N) is 1. The van der Waals surface area contributed by atoms with Crippen LogP contribution in [0.15, 0.2) is 162 Å². The molecule has 2 aromatic heterocycles. The molecule has 0 aliphatic heterocycles. The highest BCUT2D eigenvalue weighted by Gasteiger charge is 2.41. The minimum Gasteiger partial charge on any atom is -0.456 e. The van der Waals surface area contributed by atoms with Gasteiger partial charge in [0.1, 0.15) is 11.2 Å². The van der Waals surface area contributed by atoms with Crippen LogP contribution in [0.3, 0.4) is 0 Å². The maximum atomic E-state index is 6.77. The number of anilines is 3. The molecule has 4 heteroatoms. The number of para-hydroxylation sites is 1. The van der Waals surface area contributed by atoms with Gasteiger partial charge in [0, 0.05) is 43.1 Å². The van der Waals surface area contributed by atoms with Crippen LogP contribution in [0.2, 0.25) is 0 Å². The van der Waals surface area contributed by atoms with Crippen molar-refractivity contribution in [1.29, 1.82) is 0 Å². The lowest BCUT2D eigenvalue weighted by Crippen LogP contribution is -2.17. The van der Waals surface area contributed by atoms with Gasteiger partial charge in [-0.2, -0.15) is 0 Å². The van der Waals surface area contributed by atoms with Crippen LogP contribution in [-0.4, -0.2) is 0 Å². The molecule has 6 aromatic carbocycles. The smallest absolute Gasteiger partial charge is 0.136 e. The number of hydrogen-bond acceptors (Lipinski definition) is 4. The standard InChI is InChI=1S/C48H36N2OS/c1-4-12-30(13-5-1)48(49-32-14-6-2-7-15-32)39-29-43-46(37-19-11-10-18-36(37)39)40-27-34(21-23-42(40)51-43)50(33-16-8-3-9-17-33)35-22-25-44-41(28-35)47-38-26-31(38)20-24-45(47)52-44/h1-8,10-16,18-25,27-29,31,38,48-49H,9,17,26H2. The van der Waals surface area contributed by atoms with Gasteiger partial charge < -0.3 is 14.6 Å². The maximum absolute atomic E-state index is 6.77. The van der Waals surface area contributed by atoms with E-state index in [-0.39, 0.29) is 6.04 Å². The van der Waals surface area contributed by atoms with Gasteiger partial charge in [-0.05, 0) is 131 Å². The zero-order valence-corrected chi connectivity index (χ0v) is 29.4. The van der Waals surface area contributed by atoms with E-state index in [9.17, 15) is 0 Å². The summed E-state index contributed by atoms with van der Waals surface area (Å²) in [6.45, 7) is 0. The quantitative estimate of drug-likeness (QED) is 0.181. The zero-order chi connectivity index (χ0) is 34.2. The number of hydrogen-bond donors (Lipinski definition) is 1. The van der Waals surface area contributed by atoms with Crippen LogP contribution in [0.1, 0.15) is 52.8 Å². The van der Waals surface area contributed by atoms with Gasteiger partial charge in [0.2, 0.25) is 0 Å². The highest BCUT2D eigenvalue weighted by Crippen LogP contribution is 2.57. The molecule has 0 bridgehead atoms. The molecular weight excluding hydrogens is 653 g/mol. The molecule has 0 radical (unpaired) electrons. The van der Waals surface area contributed by atoms with Crippen LogP contribution in [0.25, 0.3) is 48.9 Å². The van der Waals surface area contributed by atoms with Crippen molar-refractivity contribution in [2.75, 3.05) is 10.2 Å². The van der Waals surface area contributed by atoms with Crippen molar-refractivity contribution in [2.45, 2.75) is 31.2 Å². The Morgan fingerprint density at radius 1 is 0.731 bits per heavy atom. The van der Waals surface area contributed by atoms with Crippen LogP contribution in [0.5, 0.6) is 0 Å². The third kappa shape index (κ3) is 4.86. The van der Waals surface area contributed by atoms with Crippen molar-refractivity contribution in [3.05, 3.63) is 179 Å². The molecule has 52 heavy (non-hydrogen) atoms. The first-order valence-corrected chi connectivity index (χ1v) is 19.2. The predicted octanol–water partition coefficient (Wildman–Crippen LogP) is 13.7. The number of thiophene rings is 1. The van der Waals surface area contributed by atoms with Gasteiger partial charge in [-0.25, -0.2) is 0 Å². The molecular formula is C48H36N2OS. The first-order valence-electron chi connectivity index (χ1n) is 18.4. The number of furan rings is 1. The van der Waals surface area contributed by atoms with E-state index >= 15 is 0 Å². The zero-order valence-electron chi connectivity index (χ0n) is 28.6. The second-order valence-electron chi connectivity index (χ2n) is 14.4.